The van der Waals surface area contributed by atoms with Crippen molar-refractivity contribution in [3.8, 4) is 0 Å². The first kappa shape index (κ1) is 13.0. The van der Waals surface area contributed by atoms with Crippen molar-refractivity contribution < 1.29 is 13.2 Å². The first-order chi connectivity index (χ1) is 9.62. The molecule has 104 valence electrons. The minimum absolute atomic E-state index is 0.00565. The molecule has 0 amide bonds. The molecular weight excluding hydrogens is 263 g/mol. The fourth-order valence-corrected chi connectivity index (χ4v) is 2.44. The molecular formula is C16H14F3N. The SMILES string of the molecule is Fc1ccc(NCC2(c3ccccc3)CC2)c(F)c1F. The van der Waals surface area contributed by atoms with Gasteiger partial charge in [-0.15, -0.1) is 0 Å². The number of hydrogen-bond acceptors (Lipinski definition) is 1. The van der Waals surface area contributed by atoms with Crippen LogP contribution in [-0.2, 0) is 5.41 Å². The molecule has 3 rings (SSSR count). The molecule has 0 heterocycles. The van der Waals surface area contributed by atoms with Crippen molar-refractivity contribution in [2.24, 2.45) is 0 Å². The van der Waals surface area contributed by atoms with Crippen LogP contribution in [0.25, 0.3) is 0 Å². The lowest BCUT2D eigenvalue weighted by Gasteiger charge is -2.18. The van der Waals surface area contributed by atoms with Gasteiger partial charge in [0.25, 0.3) is 0 Å². The zero-order valence-electron chi connectivity index (χ0n) is 10.8. The van der Waals surface area contributed by atoms with Crippen LogP contribution in [0, 0.1) is 17.5 Å². The molecule has 20 heavy (non-hydrogen) atoms. The van der Waals surface area contributed by atoms with E-state index >= 15 is 0 Å². The molecule has 0 atom stereocenters. The molecule has 1 nitrogen and oxygen atoms in total. The highest BCUT2D eigenvalue weighted by molar-refractivity contribution is 5.47. The molecule has 2 aromatic carbocycles. The minimum atomic E-state index is -1.43. The Labute approximate surface area is 115 Å². The predicted molar refractivity (Wildman–Crippen MR) is 72.2 cm³/mol. The first-order valence-electron chi connectivity index (χ1n) is 6.55. The monoisotopic (exact) mass is 277 g/mol. The highest BCUT2D eigenvalue weighted by Gasteiger charge is 2.43. The molecule has 1 N–H and O–H groups in total. The minimum Gasteiger partial charge on any atom is -0.382 e. The quantitative estimate of drug-likeness (QED) is 0.824. The maximum absolute atomic E-state index is 13.6. The summed E-state index contributed by atoms with van der Waals surface area (Å²) in [5.41, 5.74) is 1.18. The lowest BCUT2D eigenvalue weighted by molar-refractivity contribution is 0.448. The number of hydrogen-bond donors (Lipinski definition) is 1. The molecule has 0 aromatic heterocycles. The van der Waals surface area contributed by atoms with Crippen molar-refractivity contribution in [2.45, 2.75) is 18.3 Å². The van der Waals surface area contributed by atoms with E-state index in [9.17, 15) is 13.2 Å². The summed E-state index contributed by atoms with van der Waals surface area (Å²) in [6.07, 6.45) is 2.02. The highest BCUT2D eigenvalue weighted by Crippen LogP contribution is 2.48. The Morgan fingerprint density at radius 2 is 1.60 bits per heavy atom. The molecule has 0 spiro atoms. The molecule has 2 aromatic rings. The Kier molecular flexibility index (Phi) is 3.16. The third-order valence-electron chi connectivity index (χ3n) is 3.89. The Bertz CT molecular complexity index is 621. The van der Waals surface area contributed by atoms with Gasteiger partial charge in [-0.2, -0.15) is 0 Å². The third-order valence-corrected chi connectivity index (χ3v) is 3.89. The average molecular weight is 277 g/mol. The number of benzene rings is 2. The van der Waals surface area contributed by atoms with E-state index in [1.165, 1.54) is 11.6 Å². The van der Waals surface area contributed by atoms with Crippen LogP contribution in [0.4, 0.5) is 18.9 Å². The van der Waals surface area contributed by atoms with Crippen molar-refractivity contribution in [1.29, 1.82) is 0 Å². The molecule has 0 saturated heterocycles. The molecule has 0 unspecified atom stereocenters. The van der Waals surface area contributed by atoms with Gasteiger partial charge in [-0.25, -0.2) is 13.2 Å². The van der Waals surface area contributed by atoms with E-state index in [-0.39, 0.29) is 11.1 Å². The number of nitrogens with one attached hydrogen (secondary N) is 1. The van der Waals surface area contributed by atoms with Gasteiger partial charge in [0.1, 0.15) is 0 Å². The van der Waals surface area contributed by atoms with E-state index in [4.69, 9.17) is 0 Å². The first-order valence-corrected chi connectivity index (χ1v) is 6.55. The van der Waals surface area contributed by atoms with Crippen molar-refractivity contribution >= 4 is 5.69 Å². The van der Waals surface area contributed by atoms with Crippen LogP contribution >= 0.6 is 0 Å². The zero-order chi connectivity index (χ0) is 14.2. The van der Waals surface area contributed by atoms with E-state index in [1.807, 2.05) is 30.3 Å². The molecule has 0 radical (unpaired) electrons. The largest absolute Gasteiger partial charge is 0.382 e. The molecule has 0 bridgehead atoms. The summed E-state index contributed by atoms with van der Waals surface area (Å²) in [7, 11) is 0. The van der Waals surface area contributed by atoms with E-state index in [1.54, 1.807) is 0 Å². The van der Waals surface area contributed by atoms with Gasteiger partial charge in [0.05, 0.1) is 5.69 Å². The Hall–Kier alpha value is -1.97. The molecule has 4 heteroatoms. The van der Waals surface area contributed by atoms with Crippen molar-refractivity contribution in [1.82, 2.24) is 0 Å². The molecule has 1 aliphatic carbocycles. The van der Waals surface area contributed by atoms with Gasteiger partial charge in [-0.05, 0) is 30.5 Å². The van der Waals surface area contributed by atoms with Crippen LogP contribution in [0.5, 0.6) is 0 Å². The summed E-state index contributed by atoms with van der Waals surface area (Å²) in [5, 5.41) is 2.90. The van der Waals surface area contributed by atoms with Gasteiger partial charge >= 0.3 is 0 Å². The van der Waals surface area contributed by atoms with Gasteiger partial charge in [-0.1, -0.05) is 30.3 Å². The molecule has 0 aliphatic heterocycles. The summed E-state index contributed by atoms with van der Waals surface area (Å²) in [6, 6.07) is 12.1. The van der Waals surface area contributed by atoms with Crippen molar-refractivity contribution in [3.05, 3.63) is 65.5 Å². The van der Waals surface area contributed by atoms with Gasteiger partial charge < -0.3 is 5.32 Å². The van der Waals surface area contributed by atoms with E-state index in [0.29, 0.717) is 6.54 Å². The Balaban J connectivity index is 1.76. The van der Waals surface area contributed by atoms with Gasteiger partial charge in [0.15, 0.2) is 17.5 Å². The maximum Gasteiger partial charge on any atom is 0.196 e. The molecule has 1 fully saturated rings. The zero-order valence-corrected chi connectivity index (χ0v) is 10.8. The van der Waals surface area contributed by atoms with Crippen molar-refractivity contribution in [3.63, 3.8) is 0 Å². The summed E-state index contributed by atoms with van der Waals surface area (Å²) >= 11 is 0. The second kappa shape index (κ2) is 4.85. The van der Waals surface area contributed by atoms with Crippen molar-refractivity contribution in [2.75, 3.05) is 11.9 Å². The Morgan fingerprint density at radius 1 is 0.900 bits per heavy atom. The molecule has 1 saturated carbocycles. The van der Waals surface area contributed by atoms with Crippen LogP contribution in [0.2, 0.25) is 0 Å². The topological polar surface area (TPSA) is 12.0 Å². The lowest BCUT2D eigenvalue weighted by atomic mass is 9.96. The van der Waals surface area contributed by atoms with Crippen LogP contribution in [0.15, 0.2) is 42.5 Å². The number of halogens is 3. The van der Waals surface area contributed by atoms with E-state index in [0.717, 1.165) is 18.9 Å². The fourth-order valence-electron chi connectivity index (χ4n) is 2.44. The number of rotatable bonds is 4. The summed E-state index contributed by atoms with van der Waals surface area (Å²) in [6.45, 7) is 0.513. The van der Waals surface area contributed by atoms with Crippen LogP contribution in [0.3, 0.4) is 0 Å². The van der Waals surface area contributed by atoms with Crippen LogP contribution in [0.1, 0.15) is 18.4 Å². The number of anilines is 1. The van der Waals surface area contributed by atoms with Gasteiger partial charge in [0, 0.05) is 12.0 Å². The Morgan fingerprint density at radius 3 is 2.25 bits per heavy atom. The summed E-state index contributed by atoms with van der Waals surface area (Å²) in [5.74, 6) is -3.76. The second-order valence-corrected chi connectivity index (χ2v) is 5.22. The van der Waals surface area contributed by atoms with Crippen LogP contribution < -0.4 is 5.32 Å². The third kappa shape index (κ3) is 2.26. The summed E-state index contributed by atoms with van der Waals surface area (Å²) < 4.78 is 39.6. The standard InChI is InChI=1S/C16H14F3N/c17-12-6-7-13(15(19)14(12)18)20-10-16(8-9-16)11-4-2-1-3-5-11/h1-7,20H,8-10H2. The maximum atomic E-state index is 13.6. The van der Waals surface area contributed by atoms with Gasteiger partial charge in [-0.3, -0.25) is 0 Å². The van der Waals surface area contributed by atoms with E-state index in [2.05, 4.69) is 5.32 Å². The average Bonchev–Trinajstić information content (AvgIpc) is 3.26. The molecule has 1 aliphatic rings. The normalized spacial score (nSPS) is 15.9. The lowest BCUT2D eigenvalue weighted by Crippen LogP contribution is -2.20. The fraction of sp³-hybridized carbons (Fsp3) is 0.250. The second-order valence-electron chi connectivity index (χ2n) is 5.22. The van der Waals surface area contributed by atoms with E-state index < -0.39 is 17.5 Å². The summed E-state index contributed by atoms with van der Waals surface area (Å²) in [4.78, 5) is 0. The highest BCUT2D eigenvalue weighted by atomic mass is 19.2. The van der Waals surface area contributed by atoms with Crippen LogP contribution in [-0.4, -0.2) is 6.54 Å². The predicted octanol–water partition coefficient (Wildman–Crippen LogP) is 4.25. The smallest absolute Gasteiger partial charge is 0.196 e. The van der Waals surface area contributed by atoms with Gasteiger partial charge in [0.2, 0.25) is 0 Å².